The first kappa shape index (κ1) is 18.0. The molecule has 26 heavy (non-hydrogen) atoms. The summed E-state index contributed by atoms with van der Waals surface area (Å²) in [4.78, 5) is 26.3. The Labute approximate surface area is 157 Å². The molecule has 0 aliphatic carbocycles. The number of benzene rings is 2. The molecule has 1 atom stereocenters. The highest BCUT2D eigenvalue weighted by atomic mass is 35.5. The summed E-state index contributed by atoms with van der Waals surface area (Å²) in [7, 11) is 0. The second kappa shape index (κ2) is 7.19. The van der Waals surface area contributed by atoms with E-state index in [9.17, 15) is 14.9 Å². The van der Waals surface area contributed by atoms with Gasteiger partial charge in [-0.25, -0.2) is 0 Å². The Morgan fingerprint density at radius 3 is 2.73 bits per heavy atom. The second-order valence-corrected chi connectivity index (χ2v) is 6.71. The Balaban J connectivity index is 1.88. The summed E-state index contributed by atoms with van der Waals surface area (Å²) in [5, 5.41) is 9.67. The zero-order valence-electron chi connectivity index (χ0n) is 14.3. The molecule has 3 rings (SSSR count). The van der Waals surface area contributed by atoms with E-state index >= 15 is 0 Å². The van der Waals surface area contributed by atoms with Crippen molar-refractivity contribution in [3.8, 4) is 6.07 Å². The van der Waals surface area contributed by atoms with Gasteiger partial charge >= 0.3 is 0 Å². The highest BCUT2D eigenvalue weighted by molar-refractivity contribution is 6.31. The van der Waals surface area contributed by atoms with Crippen LogP contribution in [0.5, 0.6) is 0 Å². The maximum Gasteiger partial charge on any atom is 0.248 e. The first-order valence-corrected chi connectivity index (χ1v) is 8.70. The zero-order valence-corrected chi connectivity index (χ0v) is 15.1. The Hall–Kier alpha value is -2.84. The number of primary amides is 1. The minimum absolute atomic E-state index is 0.0672. The van der Waals surface area contributed by atoms with Crippen LogP contribution in [0.3, 0.4) is 0 Å². The fraction of sp³-hybridized carbons (Fsp3) is 0.250. The molecule has 0 spiro atoms. The van der Waals surface area contributed by atoms with Crippen LogP contribution in [0.25, 0.3) is 0 Å². The summed E-state index contributed by atoms with van der Waals surface area (Å²) in [6.07, 6.45) is 0.635. The second-order valence-electron chi connectivity index (χ2n) is 6.31. The number of carbonyl (C=O) groups excluding carboxylic acids is 2. The average molecular weight is 368 g/mol. The highest BCUT2D eigenvalue weighted by Crippen LogP contribution is 2.32. The number of nitrogens with zero attached hydrogens (tertiary/aromatic N) is 2. The summed E-state index contributed by atoms with van der Waals surface area (Å²) in [6, 6.07) is 12.4. The molecule has 2 amide bonds. The van der Waals surface area contributed by atoms with Crippen molar-refractivity contribution in [1.29, 1.82) is 5.26 Å². The molecule has 0 fully saturated rings. The van der Waals surface area contributed by atoms with Crippen LogP contribution in [0.2, 0.25) is 5.02 Å². The first-order valence-electron chi connectivity index (χ1n) is 8.32. The van der Waals surface area contributed by atoms with E-state index in [0.717, 1.165) is 11.1 Å². The van der Waals surface area contributed by atoms with Crippen molar-refractivity contribution in [3.63, 3.8) is 0 Å². The van der Waals surface area contributed by atoms with E-state index in [1.807, 2.05) is 13.0 Å². The predicted octanol–water partition coefficient (Wildman–Crippen LogP) is 3.00. The Bertz CT molecular complexity index is 933. The quantitative estimate of drug-likeness (QED) is 0.904. The smallest absolute Gasteiger partial charge is 0.248 e. The van der Waals surface area contributed by atoms with Gasteiger partial charge in [-0.15, -0.1) is 0 Å². The van der Waals surface area contributed by atoms with Crippen molar-refractivity contribution in [2.24, 2.45) is 5.73 Å². The fourth-order valence-electron chi connectivity index (χ4n) is 3.54. The molecule has 0 bridgehead atoms. The lowest BCUT2D eigenvalue weighted by atomic mass is 9.89. The van der Waals surface area contributed by atoms with Gasteiger partial charge in [0.2, 0.25) is 11.8 Å². The third-order valence-corrected chi connectivity index (χ3v) is 5.24. The Morgan fingerprint density at radius 2 is 2.04 bits per heavy atom. The molecule has 0 saturated heterocycles. The summed E-state index contributed by atoms with van der Waals surface area (Å²) < 4.78 is 0. The maximum atomic E-state index is 12.9. The van der Waals surface area contributed by atoms with Gasteiger partial charge in [0.25, 0.3) is 0 Å². The van der Waals surface area contributed by atoms with Crippen molar-refractivity contribution < 1.29 is 9.59 Å². The summed E-state index contributed by atoms with van der Waals surface area (Å²) >= 11 is 6.19. The Kier molecular flexibility index (Phi) is 4.97. The SMILES string of the molecule is C[C@H]1c2cccc(C(N)=O)c2CCN1C(=O)Cc1c(Cl)cccc1C#N. The van der Waals surface area contributed by atoms with Crippen molar-refractivity contribution in [2.75, 3.05) is 6.54 Å². The molecular weight excluding hydrogens is 350 g/mol. The van der Waals surface area contributed by atoms with Crippen LogP contribution in [-0.4, -0.2) is 23.3 Å². The van der Waals surface area contributed by atoms with Crippen molar-refractivity contribution >= 4 is 23.4 Å². The van der Waals surface area contributed by atoms with E-state index in [-0.39, 0.29) is 18.4 Å². The van der Waals surface area contributed by atoms with Gasteiger partial charge in [-0.2, -0.15) is 5.26 Å². The molecule has 2 aromatic rings. The number of rotatable bonds is 3. The summed E-state index contributed by atoms with van der Waals surface area (Å²) in [5.74, 6) is -0.555. The number of hydrogen-bond acceptors (Lipinski definition) is 3. The van der Waals surface area contributed by atoms with Crippen LogP contribution in [0.4, 0.5) is 0 Å². The molecule has 1 aliphatic heterocycles. The average Bonchev–Trinajstić information content (AvgIpc) is 2.63. The minimum atomic E-state index is -0.455. The number of amides is 2. The maximum absolute atomic E-state index is 12.9. The lowest BCUT2D eigenvalue weighted by Gasteiger charge is -2.36. The van der Waals surface area contributed by atoms with E-state index in [1.165, 1.54) is 0 Å². The number of carbonyl (C=O) groups is 2. The van der Waals surface area contributed by atoms with Gasteiger partial charge in [-0.1, -0.05) is 29.8 Å². The van der Waals surface area contributed by atoms with E-state index < -0.39 is 5.91 Å². The highest BCUT2D eigenvalue weighted by Gasteiger charge is 2.30. The van der Waals surface area contributed by atoms with Crippen LogP contribution in [0.1, 0.15) is 45.6 Å². The topological polar surface area (TPSA) is 87.2 Å². The van der Waals surface area contributed by atoms with Crippen LogP contribution >= 0.6 is 11.6 Å². The molecule has 1 heterocycles. The van der Waals surface area contributed by atoms with Gasteiger partial charge in [0, 0.05) is 17.1 Å². The minimum Gasteiger partial charge on any atom is -0.366 e. The lowest BCUT2D eigenvalue weighted by molar-refractivity contribution is -0.133. The van der Waals surface area contributed by atoms with Gasteiger partial charge < -0.3 is 10.6 Å². The molecule has 0 saturated carbocycles. The first-order chi connectivity index (χ1) is 12.4. The molecule has 132 valence electrons. The van der Waals surface area contributed by atoms with Gasteiger partial charge in [-0.05, 0) is 48.2 Å². The molecule has 1 aliphatic rings. The van der Waals surface area contributed by atoms with Gasteiger partial charge in [-0.3, -0.25) is 9.59 Å². The number of nitrogens with two attached hydrogens (primary N) is 1. The number of halogens is 1. The van der Waals surface area contributed by atoms with Crippen molar-refractivity contribution in [2.45, 2.75) is 25.8 Å². The molecule has 5 nitrogen and oxygen atoms in total. The van der Waals surface area contributed by atoms with Gasteiger partial charge in [0.05, 0.1) is 24.1 Å². The van der Waals surface area contributed by atoms with E-state index in [2.05, 4.69) is 6.07 Å². The molecule has 0 unspecified atom stereocenters. The lowest BCUT2D eigenvalue weighted by Crippen LogP contribution is -2.40. The Morgan fingerprint density at radius 1 is 1.31 bits per heavy atom. The molecular formula is C20H18ClN3O2. The zero-order chi connectivity index (χ0) is 18.8. The number of hydrogen-bond donors (Lipinski definition) is 1. The molecule has 2 aromatic carbocycles. The van der Waals surface area contributed by atoms with Gasteiger partial charge in [0.1, 0.15) is 0 Å². The standard InChI is InChI=1S/C20H18ClN3O2/c1-12-14-5-3-6-16(20(23)26)15(14)8-9-24(12)19(25)10-17-13(11-22)4-2-7-18(17)21/h2-7,12H,8-10H2,1H3,(H2,23,26)/t12-/m0/s1. The normalized spacial score (nSPS) is 15.9. The number of fused-ring (bicyclic) bond motifs is 1. The van der Waals surface area contributed by atoms with Crippen LogP contribution in [0.15, 0.2) is 36.4 Å². The monoisotopic (exact) mass is 367 g/mol. The summed E-state index contributed by atoms with van der Waals surface area (Å²) in [5.41, 5.74) is 8.77. The van der Waals surface area contributed by atoms with Crippen LogP contribution in [-0.2, 0) is 17.6 Å². The van der Waals surface area contributed by atoms with Crippen LogP contribution < -0.4 is 5.73 Å². The van der Waals surface area contributed by atoms with Crippen molar-refractivity contribution in [1.82, 2.24) is 4.90 Å². The van der Waals surface area contributed by atoms with Crippen molar-refractivity contribution in [3.05, 3.63) is 69.2 Å². The fourth-order valence-corrected chi connectivity index (χ4v) is 3.78. The molecule has 0 radical (unpaired) electrons. The molecule has 0 aromatic heterocycles. The van der Waals surface area contributed by atoms with E-state index in [0.29, 0.717) is 34.7 Å². The molecule has 6 heteroatoms. The predicted molar refractivity (Wildman–Crippen MR) is 98.7 cm³/mol. The summed E-state index contributed by atoms with van der Waals surface area (Å²) in [6.45, 7) is 2.42. The third-order valence-electron chi connectivity index (χ3n) is 4.89. The van der Waals surface area contributed by atoms with Gasteiger partial charge in [0.15, 0.2) is 0 Å². The third kappa shape index (κ3) is 3.16. The van der Waals surface area contributed by atoms with Crippen LogP contribution in [0, 0.1) is 11.3 Å². The molecule has 2 N–H and O–H groups in total. The number of nitriles is 1. The van der Waals surface area contributed by atoms with E-state index in [4.69, 9.17) is 17.3 Å². The largest absolute Gasteiger partial charge is 0.366 e. The van der Waals surface area contributed by atoms with E-state index in [1.54, 1.807) is 35.2 Å².